The molecule has 1 rings (SSSR count). The van der Waals surface area contributed by atoms with Gasteiger partial charge in [-0.25, -0.2) is 5.90 Å². The van der Waals surface area contributed by atoms with Crippen molar-refractivity contribution in [1.82, 2.24) is 4.90 Å². The van der Waals surface area contributed by atoms with Crippen LogP contribution in [0.2, 0.25) is 0 Å². The smallest absolute Gasteiger partial charge is 0.0811 e. The summed E-state index contributed by atoms with van der Waals surface area (Å²) in [6.07, 6.45) is 2.46. The Kier molecular flexibility index (Phi) is 9.08. The molecule has 1 fully saturated rings. The van der Waals surface area contributed by atoms with Gasteiger partial charge in [-0.2, -0.15) is 0 Å². The number of nitrogens with two attached hydrogens (primary N) is 1. The van der Waals surface area contributed by atoms with Crippen molar-refractivity contribution in [2.24, 2.45) is 5.90 Å². The molecule has 1 saturated heterocycles. The lowest BCUT2D eigenvalue weighted by molar-refractivity contribution is 0.0117. The molecule has 0 spiro atoms. The summed E-state index contributed by atoms with van der Waals surface area (Å²) < 4.78 is 0. The minimum atomic E-state index is 0. The zero-order valence-corrected chi connectivity index (χ0v) is 8.29. The van der Waals surface area contributed by atoms with Gasteiger partial charge < -0.3 is 9.74 Å². The molecular weight excluding hydrogens is 187 g/mol. The molecule has 0 aromatic rings. The molecule has 1 aliphatic rings. The summed E-state index contributed by atoms with van der Waals surface area (Å²) in [5.74, 6) is 5.03. The Morgan fingerprint density at radius 3 is 2.09 bits per heavy atom. The third-order valence-corrected chi connectivity index (χ3v) is 1.86. The van der Waals surface area contributed by atoms with Gasteiger partial charge in [-0.05, 0) is 19.9 Å². The van der Waals surface area contributed by atoms with E-state index in [1.54, 1.807) is 0 Å². The molecule has 0 saturated carbocycles. The summed E-state index contributed by atoms with van der Waals surface area (Å²) in [5, 5.41) is 0. The highest BCUT2D eigenvalue weighted by atomic mass is 35.5. The van der Waals surface area contributed by atoms with Gasteiger partial charge in [0.05, 0.1) is 6.10 Å². The molecular formula is C6H16Cl2N2O. The maximum Gasteiger partial charge on any atom is 0.0811 e. The molecule has 0 aromatic heterocycles. The lowest BCUT2D eigenvalue weighted by Crippen LogP contribution is -2.35. The van der Waals surface area contributed by atoms with Gasteiger partial charge in [0, 0.05) is 13.1 Å². The Balaban J connectivity index is 0. The van der Waals surface area contributed by atoms with Crippen molar-refractivity contribution >= 4 is 24.8 Å². The third kappa shape index (κ3) is 4.82. The summed E-state index contributed by atoms with van der Waals surface area (Å²) in [5.41, 5.74) is 0. The second-order valence-electron chi connectivity index (χ2n) is 2.64. The molecule has 1 heterocycles. The molecule has 0 amide bonds. The van der Waals surface area contributed by atoms with E-state index in [4.69, 9.17) is 10.7 Å². The molecule has 5 heteroatoms. The zero-order chi connectivity index (χ0) is 6.69. The number of likely N-dealkylation sites (tertiary alicyclic amines) is 1. The topological polar surface area (TPSA) is 38.5 Å². The lowest BCUT2D eigenvalue weighted by Gasteiger charge is -2.26. The van der Waals surface area contributed by atoms with E-state index < -0.39 is 0 Å². The van der Waals surface area contributed by atoms with Crippen LogP contribution in [0.5, 0.6) is 0 Å². The Bertz CT molecular complexity index is 86.7. The molecule has 11 heavy (non-hydrogen) atoms. The van der Waals surface area contributed by atoms with Crippen LogP contribution < -0.4 is 5.90 Å². The average molecular weight is 203 g/mol. The second kappa shape index (κ2) is 7.13. The summed E-state index contributed by atoms with van der Waals surface area (Å²) in [6, 6.07) is 0. The zero-order valence-electron chi connectivity index (χ0n) is 6.66. The summed E-state index contributed by atoms with van der Waals surface area (Å²) >= 11 is 0. The van der Waals surface area contributed by atoms with E-state index in [1.807, 2.05) is 0 Å². The first-order valence-electron chi connectivity index (χ1n) is 3.37. The van der Waals surface area contributed by atoms with Crippen molar-refractivity contribution < 1.29 is 4.84 Å². The highest BCUT2D eigenvalue weighted by Gasteiger charge is 2.15. The van der Waals surface area contributed by atoms with Gasteiger partial charge in [-0.15, -0.1) is 24.8 Å². The van der Waals surface area contributed by atoms with E-state index in [-0.39, 0.29) is 24.8 Å². The molecule has 70 valence electrons. The highest BCUT2D eigenvalue weighted by molar-refractivity contribution is 5.85. The molecule has 0 unspecified atom stereocenters. The first-order chi connectivity index (χ1) is 4.33. The largest absolute Gasteiger partial charge is 0.306 e. The predicted molar refractivity (Wildman–Crippen MR) is 50.3 cm³/mol. The van der Waals surface area contributed by atoms with Crippen molar-refractivity contribution in [2.45, 2.75) is 18.9 Å². The van der Waals surface area contributed by atoms with Gasteiger partial charge in [-0.3, -0.25) is 0 Å². The minimum Gasteiger partial charge on any atom is -0.306 e. The molecule has 0 aliphatic carbocycles. The van der Waals surface area contributed by atoms with E-state index in [0.717, 1.165) is 25.9 Å². The normalized spacial score (nSPS) is 20.2. The van der Waals surface area contributed by atoms with Gasteiger partial charge in [-0.1, -0.05) is 0 Å². The molecule has 0 bridgehead atoms. The van der Waals surface area contributed by atoms with Crippen LogP contribution in [0.4, 0.5) is 0 Å². The van der Waals surface area contributed by atoms with Crippen LogP contribution >= 0.6 is 24.8 Å². The van der Waals surface area contributed by atoms with Gasteiger partial charge in [0.15, 0.2) is 0 Å². The maximum absolute atomic E-state index is 5.03. The van der Waals surface area contributed by atoms with Gasteiger partial charge in [0.1, 0.15) is 0 Å². The van der Waals surface area contributed by atoms with Crippen LogP contribution in [0.25, 0.3) is 0 Å². The number of nitrogens with zero attached hydrogens (tertiary/aromatic N) is 1. The molecule has 2 N–H and O–H groups in total. The van der Waals surface area contributed by atoms with E-state index >= 15 is 0 Å². The standard InChI is InChI=1S/C6H14N2O.2ClH/c1-8-4-2-6(9-7)3-5-8;;/h6H,2-5,7H2,1H3;2*1H. The number of hydrogen-bond acceptors (Lipinski definition) is 3. The summed E-state index contributed by atoms with van der Waals surface area (Å²) in [7, 11) is 2.12. The van der Waals surface area contributed by atoms with Crippen molar-refractivity contribution in [3.63, 3.8) is 0 Å². The fourth-order valence-electron chi connectivity index (χ4n) is 1.12. The van der Waals surface area contributed by atoms with Crippen LogP contribution in [0.15, 0.2) is 0 Å². The van der Waals surface area contributed by atoms with E-state index in [0.29, 0.717) is 6.10 Å². The molecule has 3 nitrogen and oxygen atoms in total. The number of halogens is 2. The summed E-state index contributed by atoms with van der Waals surface area (Å²) in [4.78, 5) is 7.00. The van der Waals surface area contributed by atoms with Crippen LogP contribution in [0.3, 0.4) is 0 Å². The van der Waals surface area contributed by atoms with Crippen molar-refractivity contribution in [1.29, 1.82) is 0 Å². The van der Waals surface area contributed by atoms with E-state index in [2.05, 4.69) is 11.9 Å². The summed E-state index contributed by atoms with van der Waals surface area (Å²) in [6.45, 7) is 2.23. The SMILES string of the molecule is CN1CCC(ON)CC1.Cl.Cl. The van der Waals surface area contributed by atoms with Gasteiger partial charge >= 0.3 is 0 Å². The van der Waals surface area contributed by atoms with Crippen LogP contribution in [0, 0.1) is 0 Å². The van der Waals surface area contributed by atoms with E-state index in [9.17, 15) is 0 Å². The van der Waals surface area contributed by atoms with Crippen molar-refractivity contribution in [3.05, 3.63) is 0 Å². The van der Waals surface area contributed by atoms with Crippen molar-refractivity contribution in [2.75, 3.05) is 20.1 Å². The Labute approximate surface area is 80.0 Å². The number of piperidine rings is 1. The third-order valence-electron chi connectivity index (χ3n) is 1.86. The van der Waals surface area contributed by atoms with Crippen LogP contribution in [-0.2, 0) is 4.84 Å². The quantitative estimate of drug-likeness (QED) is 0.641. The molecule has 0 atom stereocenters. The molecule has 1 aliphatic heterocycles. The van der Waals surface area contributed by atoms with Crippen molar-refractivity contribution in [3.8, 4) is 0 Å². The monoisotopic (exact) mass is 202 g/mol. The number of hydrogen-bond donors (Lipinski definition) is 1. The number of rotatable bonds is 1. The average Bonchev–Trinajstić information content (AvgIpc) is 1.90. The molecule has 0 radical (unpaired) electrons. The van der Waals surface area contributed by atoms with Gasteiger partial charge in [0.25, 0.3) is 0 Å². The highest BCUT2D eigenvalue weighted by Crippen LogP contribution is 2.09. The van der Waals surface area contributed by atoms with Crippen LogP contribution in [0.1, 0.15) is 12.8 Å². The fourth-order valence-corrected chi connectivity index (χ4v) is 1.12. The van der Waals surface area contributed by atoms with Gasteiger partial charge in [0.2, 0.25) is 0 Å². The maximum atomic E-state index is 5.03. The predicted octanol–water partition coefficient (Wildman–Crippen LogP) is 0.814. The molecule has 0 aromatic carbocycles. The minimum absolute atomic E-state index is 0. The lowest BCUT2D eigenvalue weighted by atomic mass is 10.1. The first-order valence-corrected chi connectivity index (χ1v) is 3.37. The second-order valence-corrected chi connectivity index (χ2v) is 2.64. The van der Waals surface area contributed by atoms with E-state index in [1.165, 1.54) is 0 Å². The first kappa shape index (κ1) is 14.0. The fraction of sp³-hybridized carbons (Fsp3) is 1.00. The Hall–Kier alpha value is 0.460. The Morgan fingerprint density at radius 2 is 1.73 bits per heavy atom. The van der Waals surface area contributed by atoms with Crippen LogP contribution in [-0.4, -0.2) is 31.1 Å². The Morgan fingerprint density at radius 1 is 1.27 bits per heavy atom.